The number of carbonyl (C=O) groups is 1. The molecule has 9 heteroatoms. The molecule has 1 atom stereocenters. The van der Waals surface area contributed by atoms with Crippen LogP contribution in [0.5, 0.6) is 5.75 Å². The summed E-state index contributed by atoms with van der Waals surface area (Å²) in [6.07, 6.45) is 4.34. The minimum atomic E-state index is -4.20. The van der Waals surface area contributed by atoms with Gasteiger partial charge in [-0.05, 0) is 62.6 Å². The number of nitrogens with zero attached hydrogens (tertiary/aromatic N) is 2. The number of anilines is 1. The number of phenols is 1. The standard InChI is InChI=1S/C19H24FN3O4S/c1-19(2,11-21)7-3-4-12-5-6-13-9-15(24)18(17(20)14(13)8-12)23-10-16(25)22-28(23,26)27/h9,12,24H,3-8,10H2,1-2H3,(H,22,25). The van der Waals surface area contributed by atoms with Crippen LogP contribution in [0.25, 0.3) is 0 Å². The first kappa shape index (κ1) is 20.4. The van der Waals surface area contributed by atoms with E-state index in [1.54, 1.807) is 4.72 Å². The second kappa shape index (κ2) is 7.24. The van der Waals surface area contributed by atoms with Crippen molar-refractivity contribution in [2.24, 2.45) is 11.3 Å². The molecule has 2 aliphatic rings. The molecule has 0 radical (unpaired) electrons. The average Bonchev–Trinajstić information content (AvgIpc) is 2.87. The minimum Gasteiger partial charge on any atom is -0.506 e. The molecule has 1 unspecified atom stereocenters. The van der Waals surface area contributed by atoms with E-state index in [4.69, 9.17) is 5.26 Å². The predicted octanol–water partition coefficient (Wildman–Crippen LogP) is 2.54. The number of nitriles is 1. The first-order valence-electron chi connectivity index (χ1n) is 9.32. The lowest BCUT2D eigenvalue weighted by Gasteiger charge is -2.28. The number of halogens is 1. The van der Waals surface area contributed by atoms with Crippen LogP contribution in [-0.4, -0.2) is 26.0 Å². The Morgan fingerprint density at radius 3 is 2.79 bits per heavy atom. The molecular weight excluding hydrogens is 385 g/mol. The number of hydrogen-bond donors (Lipinski definition) is 2. The molecule has 1 aromatic rings. The van der Waals surface area contributed by atoms with Crippen LogP contribution < -0.4 is 9.03 Å². The quantitative estimate of drug-likeness (QED) is 0.776. The highest BCUT2D eigenvalue weighted by Gasteiger charge is 2.39. The van der Waals surface area contributed by atoms with Crippen LogP contribution in [0, 0.1) is 28.5 Å². The minimum absolute atomic E-state index is 0.226. The maximum absolute atomic E-state index is 15.2. The number of rotatable bonds is 5. The third-order valence-corrected chi connectivity index (χ3v) is 6.89. The summed E-state index contributed by atoms with van der Waals surface area (Å²) in [5.74, 6) is -1.80. The Labute approximate surface area is 164 Å². The van der Waals surface area contributed by atoms with Crippen LogP contribution in [0.4, 0.5) is 10.1 Å². The van der Waals surface area contributed by atoms with E-state index < -0.39 is 39.9 Å². The molecule has 1 amide bonds. The summed E-state index contributed by atoms with van der Waals surface area (Å²) in [6.45, 7) is 3.23. The first-order chi connectivity index (χ1) is 13.0. The maximum atomic E-state index is 15.2. The number of fused-ring (bicyclic) bond motifs is 1. The van der Waals surface area contributed by atoms with Crippen molar-refractivity contribution in [3.8, 4) is 11.8 Å². The number of amides is 1. The van der Waals surface area contributed by atoms with Gasteiger partial charge in [-0.1, -0.05) is 12.8 Å². The zero-order chi connectivity index (χ0) is 20.7. The summed E-state index contributed by atoms with van der Waals surface area (Å²) in [5.41, 5.74) is 0.213. The molecule has 7 nitrogen and oxygen atoms in total. The third-order valence-electron chi connectivity index (χ3n) is 5.52. The number of aryl methyl sites for hydroxylation is 1. The van der Waals surface area contributed by atoms with E-state index in [0.717, 1.165) is 25.7 Å². The maximum Gasteiger partial charge on any atom is 0.326 e. The van der Waals surface area contributed by atoms with Gasteiger partial charge in [0.2, 0.25) is 0 Å². The number of nitrogens with one attached hydrogen (secondary N) is 1. The number of carbonyl (C=O) groups excluding carboxylic acids is 1. The van der Waals surface area contributed by atoms with Gasteiger partial charge in [-0.25, -0.2) is 13.4 Å². The van der Waals surface area contributed by atoms with Crippen molar-refractivity contribution in [2.45, 2.75) is 52.4 Å². The molecule has 1 aliphatic heterocycles. The fourth-order valence-corrected chi connectivity index (χ4v) is 5.09. The van der Waals surface area contributed by atoms with Gasteiger partial charge in [-0.2, -0.15) is 13.7 Å². The normalized spacial score (nSPS) is 21.1. The predicted molar refractivity (Wildman–Crippen MR) is 101 cm³/mol. The lowest BCUT2D eigenvalue weighted by Crippen LogP contribution is -2.31. The fourth-order valence-electron chi connectivity index (χ4n) is 3.93. The molecule has 1 fully saturated rings. The highest BCUT2D eigenvalue weighted by molar-refractivity contribution is 7.92. The summed E-state index contributed by atoms with van der Waals surface area (Å²) >= 11 is 0. The number of benzene rings is 1. The van der Waals surface area contributed by atoms with E-state index in [1.165, 1.54) is 6.07 Å². The second-order valence-electron chi connectivity index (χ2n) is 8.23. The van der Waals surface area contributed by atoms with Crippen molar-refractivity contribution in [1.29, 1.82) is 5.26 Å². The highest BCUT2D eigenvalue weighted by Crippen LogP contribution is 2.41. The summed E-state index contributed by atoms with van der Waals surface area (Å²) in [5, 5.41) is 19.3. The lowest BCUT2D eigenvalue weighted by atomic mass is 9.79. The molecule has 2 N–H and O–H groups in total. The van der Waals surface area contributed by atoms with E-state index in [1.807, 2.05) is 13.8 Å². The molecular formula is C19H24FN3O4S. The van der Waals surface area contributed by atoms with Crippen molar-refractivity contribution in [3.63, 3.8) is 0 Å². The van der Waals surface area contributed by atoms with Crippen molar-refractivity contribution < 1.29 is 22.7 Å². The van der Waals surface area contributed by atoms with E-state index in [0.29, 0.717) is 28.3 Å². The Hall–Kier alpha value is -2.34. The molecule has 3 rings (SSSR count). The van der Waals surface area contributed by atoms with Gasteiger partial charge in [0.05, 0.1) is 11.5 Å². The molecule has 1 aromatic carbocycles. The van der Waals surface area contributed by atoms with Gasteiger partial charge in [0, 0.05) is 0 Å². The van der Waals surface area contributed by atoms with E-state index in [2.05, 4.69) is 6.07 Å². The zero-order valence-corrected chi connectivity index (χ0v) is 16.8. The average molecular weight is 409 g/mol. The Balaban J connectivity index is 1.83. The number of phenolic OH excluding ortho intramolecular Hbond substituents is 1. The smallest absolute Gasteiger partial charge is 0.326 e. The molecule has 0 saturated carbocycles. The molecule has 0 bridgehead atoms. The second-order valence-corrected chi connectivity index (χ2v) is 9.82. The van der Waals surface area contributed by atoms with Gasteiger partial charge < -0.3 is 5.11 Å². The first-order valence-corrected chi connectivity index (χ1v) is 10.8. The van der Waals surface area contributed by atoms with Crippen LogP contribution in [0.1, 0.15) is 50.7 Å². The van der Waals surface area contributed by atoms with E-state index in [-0.39, 0.29) is 11.3 Å². The van der Waals surface area contributed by atoms with Gasteiger partial charge in [-0.3, -0.25) is 4.79 Å². The van der Waals surface area contributed by atoms with Crippen molar-refractivity contribution >= 4 is 21.8 Å². The van der Waals surface area contributed by atoms with Crippen molar-refractivity contribution in [3.05, 3.63) is 23.0 Å². The molecule has 1 heterocycles. The van der Waals surface area contributed by atoms with Crippen LogP contribution in [-0.2, 0) is 27.8 Å². The molecule has 1 saturated heterocycles. The SMILES string of the molecule is CC(C)(C#N)CCCC1CCc2cc(O)c(N3CC(=O)NS3(=O)=O)c(F)c2C1. The Morgan fingerprint density at radius 1 is 1.46 bits per heavy atom. The largest absolute Gasteiger partial charge is 0.506 e. The lowest BCUT2D eigenvalue weighted by molar-refractivity contribution is -0.117. The van der Waals surface area contributed by atoms with Crippen molar-refractivity contribution in [1.82, 2.24) is 4.72 Å². The van der Waals surface area contributed by atoms with E-state index >= 15 is 4.39 Å². The number of hydrogen-bond acceptors (Lipinski definition) is 5. The molecule has 152 valence electrons. The monoisotopic (exact) mass is 409 g/mol. The van der Waals surface area contributed by atoms with Gasteiger partial charge >= 0.3 is 10.2 Å². The van der Waals surface area contributed by atoms with E-state index in [9.17, 15) is 18.3 Å². The summed E-state index contributed by atoms with van der Waals surface area (Å²) in [7, 11) is -4.20. The fraction of sp³-hybridized carbons (Fsp3) is 0.579. The Kier molecular flexibility index (Phi) is 5.28. The summed E-state index contributed by atoms with van der Waals surface area (Å²) in [4.78, 5) is 11.5. The molecule has 28 heavy (non-hydrogen) atoms. The molecule has 0 aromatic heterocycles. The van der Waals surface area contributed by atoms with Crippen LogP contribution in [0.2, 0.25) is 0 Å². The van der Waals surface area contributed by atoms with Crippen LogP contribution in [0.3, 0.4) is 0 Å². The van der Waals surface area contributed by atoms with Gasteiger partial charge in [-0.15, -0.1) is 0 Å². The van der Waals surface area contributed by atoms with Gasteiger partial charge in [0.25, 0.3) is 5.91 Å². The summed E-state index contributed by atoms with van der Waals surface area (Å²) in [6, 6.07) is 3.68. The van der Waals surface area contributed by atoms with Gasteiger partial charge in [0.15, 0.2) is 5.82 Å². The Morgan fingerprint density at radius 2 is 2.18 bits per heavy atom. The molecule has 1 aliphatic carbocycles. The third kappa shape index (κ3) is 3.92. The van der Waals surface area contributed by atoms with Crippen LogP contribution >= 0.6 is 0 Å². The van der Waals surface area contributed by atoms with Crippen LogP contribution in [0.15, 0.2) is 6.07 Å². The van der Waals surface area contributed by atoms with Crippen molar-refractivity contribution in [2.75, 3.05) is 10.8 Å². The highest BCUT2D eigenvalue weighted by atomic mass is 32.2. The number of aromatic hydroxyl groups is 1. The van der Waals surface area contributed by atoms with Gasteiger partial charge in [0.1, 0.15) is 18.0 Å². The zero-order valence-electron chi connectivity index (χ0n) is 16.0. The summed E-state index contributed by atoms with van der Waals surface area (Å²) < 4.78 is 41.7. The topological polar surface area (TPSA) is 110 Å². The molecule has 0 spiro atoms. The Bertz CT molecular complexity index is 953.